The van der Waals surface area contributed by atoms with Crippen LogP contribution in [0.4, 0.5) is 0 Å². The molecule has 13 nitrogen and oxygen atoms in total. The van der Waals surface area contributed by atoms with Crippen molar-refractivity contribution in [1.29, 1.82) is 0 Å². The number of carbonyl (C=O) groups is 5. The van der Waals surface area contributed by atoms with Crippen molar-refractivity contribution in [3.63, 3.8) is 0 Å². The Hall–Kier alpha value is -4.36. The molecule has 0 unspecified atom stereocenters. The second-order valence-electron chi connectivity index (χ2n) is 12.4. The fourth-order valence-corrected chi connectivity index (χ4v) is 4.95. The Balaban J connectivity index is 1.71. The number of amides is 3. The third kappa shape index (κ3) is 9.57. The van der Waals surface area contributed by atoms with Gasteiger partial charge in [-0.25, -0.2) is 10.4 Å². The predicted octanol–water partition coefficient (Wildman–Crippen LogP) is 2.75. The molecule has 0 saturated carbocycles. The number of aliphatic carboxylic acids is 1. The summed E-state index contributed by atoms with van der Waals surface area (Å²) in [5.41, 5.74) is 3.80. The van der Waals surface area contributed by atoms with E-state index in [9.17, 15) is 29.1 Å². The summed E-state index contributed by atoms with van der Waals surface area (Å²) in [7, 11) is 1.39. The molecule has 1 fully saturated rings. The minimum Gasteiger partial charge on any atom is -0.480 e. The molecule has 1 aromatic heterocycles. The molecule has 0 spiro atoms. The third-order valence-electron chi connectivity index (χ3n) is 7.71. The van der Waals surface area contributed by atoms with Crippen LogP contribution >= 0.6 is 0 Å². The first-order valence-corrected chi connectivity index (χ1v) is 15.3. The number of esters is 1. The average molecular weight is 640 g/mol. The highest BCUT2D eigenvalue weighted by Crippen LogP contribution is 2.24. The number of ether oxygens (including phenoxy) is 2. The van der Waals surface area contributed by atoms with Gasteiger partial charge in [-0.15, -0.1) is 0 Å². The highest BCUT2D eigenvalue weighted by molar-refractivity contribution is 5.94. The summed E-state index contributed by atoms with van der Waals surface area (Å²) in [5, 5.41) is 17.0. The molecule has 1 saturated heterocycles. The van der Waals surface area contributed by atoms with Gasteiger partial charge in [-0.05, 0) is 57.2 Å². The first kappa shape index (κ1) is 36.1. The maximum Gasteiger partial charge on any atom is 0.322 e. The molecule has 4 atom stereocenters. The molecule has 46 heavy (non-hydrogen) atoms. The fourth-order valence-electron chi connectivity index (χ4n) is 4.95. The zero-order chi connectivity index (χ0) is 34.2. The molecule has 0 aliphatic carbocycles. The number of nitrogens with one attached hydrogen (secondary N) is 3. The van der Waals surface area contributed by atoms with Gasteiger partial charge in [0, 0.05) is 26.0 Å². The van der Waals surface area contributed by atoms with Gasteiger partial charge in [0.25, 0.3) is 5.91 Å². The summed E-state index contributed by atoms with van der Waals surface area (Å²) >= 11 is 0. The van der Waals surface area contributed by atoms with E-state index in [0.717, 1.165) is 10.9 Å². The lowest BCUT2D eigenvalue weighted by atomic mass is 9.89. The van der Waals surface area contributed by atoms with E-state index < -0.39 is 59.3 Å². The maximum atomic E-state index is 13.5. The van der Waals surface area contributed by atoms with Gasteiger partial charge in [0.05, 0.1) is 23.2 Å². The first-order chi connectivity index (χ1) is 21.6. The van der Waals surface area contributed by atoms with Crippen LogP contribution < -0.4 is 16.1 Å². The quantitative estimate of drug-likeness (QED) is 0.239. The van der Waals surface area contributed by atoms with Crippen LogP contribution in [0.3, 0.4) is 0 Å². The van der Waals surface area contributed by atoms with Crippen molar-refractivity contribution in [3.8, 4) is 0 Å². The SMILES string of the molecule is COC[C@H](NC(=O)[C@@H](NC(=O)C(C)(C)/C=C/c1ccc2ccc([C@@H](C)OC(C)=O)nc2c1)C(C)C)C(=O)N1CCC[C@@H](C(=O)O)N1. The number of aromatic nitrogens is 1. The number of fused-ring (bicyclic) bond motifs is 1. The number of methoxy groups -OCH3 is 1. The minimum atomic E-state index is -1.09. The number of hydrazine groups is 1. The number of benzene rings is 1. The number of carbonyl (C=O) groups excluding carboxylic acids is 4. The third-order valence-corrected chi connectivity index (χ3v) is 7.71. The van der Waals surface area contributed by atoms with Crippen LogP contribution in [0.5, 0.6) is 0 Å². The molecule has 3 rings (SSSR count). The van der Waals surface area contributed by atoms with Crippen molar-refractivity contribution < 1.29 is 38.6 Å². The minimum absolute atomic E-state index is 0.141. The zero-order valence-electron chi connectivity index (χ0n) is 27.5. The number of hydrogen-bond donors (Lipinski definition) is 4. The summed E-state index contributed by atoms with van der Waals surface area (Å²) in [5.74, 6) is -3.27. The lowest BCUT2D eigenvalue weighted by Crippen LogP contribution is -2.62. The number of rotatable bonds is 13. The summed E-state index contributed by atoms with van der Waals surface area (Å²) in [6, 6.07) is 6.43. The van der Waals surface area contributed by atoms with E-state index in [4.69, 9.17) is 9.47 Å². The van der Waals surface area contributed by atoms with E-state index in [2.05, 4.69) is 21.0 Å². The normalized spacial score (nSPS) is 17.4. The van der Waals surface area contributed by atoms with Crippen LogP contribution in [0.1, 0.15) is 71.7 Å². The van der Waals surface area contributed by atoms with Gasteiger partial charge >= 0.3 is 11.9 Å². The van der Waals surface area contributed by atoms with Gasteiger partial charge in [-0.1, -0.05) is 44.2 Å². The molecule has 1 aliphatic heterocycles. The van der Waals surface area contributed by atoms with Gasteiger partial charge < -0.3 is 25.2 Å². The smallest absolute Gasteiger partial charge is 0.322 e. The molecule has 1 aromatic carbocycles. The zero-order valence-corrected chi connectivity index (χ0v) is 27.5. The molecule has 2 aromatic rings. The average Bonchev–Trinajstić information content (AvgIpc) is 3.00. The van der Waals surface area contributed by atoms with E-state index in [1.807, 2.05) is 30.3 Å². The monoisotopic (exact) mass is 639 g/mol. The van der Waals surface area contributed by atoms with E-state index >= 15 is 0 Å². The molecule has 4 N–H and O–H groups in total. The number of carboxylic acids is 1. The molecular weight excluding hydrogens is 594 g/mol. The van der Waals surface area contributed by atoms with Crippen LogP contribution in [0, 0.1) is 11.3 Å². The van der Waals surface area contributed by atoms with Crippen LogP contribution in [0.25, 0.3) is 17.0 Å². The Morgan fingerprint density at radius 1 is 1.13 bits per heavy atom. The van der Waals surface area contributed by atoms with Gasteiger partial charge in [-0.3, -0.25) is 29.0 Å². The van der Waals surface area contributed by atoms with Crippen molar-refractivity contribution in [2.75, 3.05) is 20.3 Å². The largest absolute Gasteiger partial charge is 0.480 e. The Bertz CT molecular complexity index is 1470. The van der Waals surface area contributed by atoms with Crippen LogP contribution in [0.15, 0.2) is 36.4 Å². The Kier molecular flexibility index (Phi) is 12.4. The van der Waals surface area contributed by atoms with Gasteiger partial charge in [0.2, 0.25) is 11.8 Å². The Labute approximate surface area is 269 Å². The molecular formula is C33H45N5O8. The molecule has 250 valence electrons. The summed E-state index contributed by atoms with van der Waals surface area (Å²) in [4.78, 5) is 67.5. The Morgan fingerprint density at radius 2 is 1.83 bits per heavy atom. The van der Waals surface area contributed by atoms with Gasteiger partial charge in [-0.2, -0.15) is 0 Å². The van der Waals surface area contributed by atoms with Crippen molar-refractivity contribution in [1.82, 2.24) is 26.1 Å². The highest BCUT2D eigenvalue weighted by atomic mass is 16.5. The number of carboxylic acid groups (broad SMARTS) is 1. The van der Waals surface area contributed by atoms with Crippen molar-refractivity contribution in [2.24, 2.45) is 11.3 Å². The standard InChI is InChI=1S/C33H45N5O8/c1-19(2)28(29(40)35-27(18-45-7)30(41)38-16-8-9-25(37-38)31(42)43)36-32(44)33(5,6)15-14-22-10-11-23-12-13-24(34-26(23)17-22)20(3)46-21(4)39/h10-15,17,19-20,25,27-28,37H,8-9,16,18H2,1-7H3,(H,35,40)(H,36,44)(H,42,43)/b15-14+/t20-,25+,27+,28+/m1/s1. The van der Waals surface area contributed by atoms with E-state index in [1.54, 1.807) is 46.8 Å². The lowest BCUT2D eigenvalue weighted by Gasteiger charge is -2.35. The van der Waals surface area contributed by atoms with Crippen molar-refractivity contribution in [2.45, 2.75) is 78.6 Å². The number of pyridine rings is 1. The number of hydrogen-bond acceptors (Lipinski definition) is 9. The first-order valence-electron chi connectivity index (χ1n) is 15.3. The highest BCUT2D eigenvalue weighted by Gasteiger charge is 2.36. The van der Waals surface area contributed by atoms with Crippen molar-refractivity contribution >= 4 is 46.6 Å². The molecule has 2 heterocycles. The topological polar surface area (TPSA) is 176 Å². The summed E-state index contributed by atoms with van der Waals surface area (Å²) in [6.45, 7) is 10.3. The van der Waals surface area contributed by atoms with E-state index in [0.29, 0.717) is 24.1 Å². The summed E-state index contributed by atoms with van der Waals surface area (Å²) in [6.07, 6.45) is 3.91. The Morgan fingerprint density at radius 3 is 2.46 bits per heavy atom. The second-order valence-corrected chi connectivity index (χ2v) is 12.4. The predicted molar refractivity (Wildman–Crippen MR) is 171 cm³/mol. The molecule has 0 bridgehead atoms. The van der Waals surface area contributed by atoms with Crippen molar-refractivity contribution in [3.05, 3.63) is 47.7 Å². The maximum absolute atomic E-state index is 13.5. The van der Waals surface area contributed by atoms with Crippen LogP contribution in [-0.2, 0) is 33.4 Å². The van der Waals surface area contributed by atoms with Gasteiger partial charge in [0.1, 0.15) is 24.2 Å². The molecule has 0 radical (unpaired) electrons. The second kappa shape index (κ2) is 15.8. The van der Waals surface area contributed by atoms with Crippen LogP contribution in [-0.4, -0.2) is 83.1 Å². The number of nitrogens with zero attached hydrogens (tertiary/aromatic N) is 2. The summed E-state index contributed by atoms with van der Waals surface area (Å²) < 4.78 is 10.4. The fraction of sp³-hybridized carbons (Fsp3) is 0.515. The molecule has 13 heteroatoms. The van der Waals surface area contributed by atoms with E-state index in [-0.39, 0.29) is 19.1 Å². The van der Waals surface area contributed by atoms with Gasteiger partial charge in [0.15, 0.2) is 0 Å². The lowest BCUT2D eigenvalue weighted by molar-refractivity contribution is -0.149. The van der Waals surface area contributed by atoms with E-state index in [1.165, 1.54) is 19.0 Å². The van der Waals surface area contributed by atoms with Crippen LogP contribution in [0.2, 0.25) is 0 Å². The molecule has 1 aliphatic rings. The molecule has 3 amide bonds.